The molecule has 11 heteroatoms. The number of benzene rings is 1. The molecule has 4 heterocycles. The molecule has 0 radical (unpaired) electrons. The van der Waals surface area contributed by atoms with Crippen molar-refractivity contribution in [3.05, 3.63) is 34.3 Å². The van der Waals surface area contributed by atoms with Crippen molar-refractivity contribution in [2.45, 2.75) is 19.1 Å². The van der Waals surface area contributed by atoms with Gasteiger partial charge in [-0.1, -0.05) is 0 Å². The zero-order valence-corrected chi connectivity index (χ0v) is 18.5. The maximum absolute atomic E-state index is 12.6. The number of carbonyl (C=O) groups excluding carboxylic acids is 1. The number of nitrogens with zero attached hydrogens (tertiary/aromatic N) is 5. The van der Waals surface area contributed by atoms with Gasteiger partial charge in [0.25, 0.3) is 5.91 Å². The van der Waals surface area contributed by atoms with Gasteiger partial charge in [-0.25, -0.2) is 4.98 Å². The van der Waals surface area contributed by atoms with Crippen LogP contribution in [0.1, 0.15) is 16.1 Å². The first-order valence-electron chi connectivity index (χ1n) is 10.5. The number of aromatic nitrogens is 3. The smallest absolute Gasteiger partial charge is 0.291 e. The number of methoxy groups -OCH3 is 1. The van der Waals surface area contributed by atoms with Gasteiger partial charge in [-0.05, 0) is 31.6 Å². The zero-order chi connectivity index (χ0) is 22.1. The van der Waals surface area contributed by atoms with Crippen LogP contribution in [0.25, 0.3) is 10.9 Å². The summed E-state index contributed by atoms with van der Waals surface area (Å²) in [6.07, 6.45) is 2.08. The van der Waals surface area contributed by atoms with Gasteiger partial charge in [0.2, 0.25) is 5.62 Å². The molecule has 1 saturated heterocycles. The number of β-amino-alcohol motifs (C(OH)–C–C–N with tert-alkyl or cyclic N) is 1. The average molecular weight is 457 g/mol. The molecule has 2 aliphatic rings. The van der Waals surface area contributed by atoms with E-state index in [-0.39, 0.29) is 12.5 Å². The van der Waals surface area contributed by atoms with Crippen LogP contribution in [0.15, 0.2) is 28.8 Å². The Bertz CT molecular complexity index is 1210. The average Bonchev–Trinajstić information content (AvgIpc) is 3.47. The maximum Gasteiger partial charge on any atom is 0.291 e. The van der Waals surface area contributed by atoms with Gasteiger partial charge in [-0.2, -0.15) is 4.99 Å². The summed E-state index contributed by atoms with van der Waals surface area (Å²) >= 11 is 1.24. The van der Waals surface area contributed by atoms with Crippen LogP contribution in [0.4, 0.5) is 5.82 Å². The van der Waals surface area contributed by atoms with Crippen LogP contribution in [0.3, 0.4) is 0 Å². The van der Waals surface area contributed by atoms with E-state index >= 15 is 0 Å². The number of anilines is 1. The second-order valence-corrected chi connectivity index (χ2v) is 8.62. The second-order valence-electron chi connectivity index (χ2n) is 7.73. The van der Waals surface area contributed by atoms with E-state index in [4.69, 9.17) is 9.47 Å². The highest BCUT2D eigenvalue weighted by molar-refractivity contribution is 7.11. The molecular weight excluding hydrogens is 432 g/mol. The lowest BCUT2D eigenvalue weighted by Crippen LogP contribution is -2.43. The predicted octanol–water partition coefficient (Wildman–Crippen LogP) is 1.11. The third kappa shape index (κ3) is 3.94. The molecule has 1 fully saturated rings. The zero-order valence-electron chi connectivity index (χ0n) is 17.7. The highest BCUT2D eigenvalue weighted by Gasteiger charge is 2.22. The van der Waals surface area contributed by atoms with E-state index in [9.17, 15) is 9.90 Å². The Morgan fingerprint density at radius 3 is 2.97 bits per heavy atom. The summed E-state index contributed by atoms with van der Waals surface area (Å²) in [5.41, 5.74) is 2.43. The van der Waals surface area contributed by atoms with Crippen LogP contribution >= 0.6 is 11.3 Å². The number of amides is 1. The van der Waals surface area contributed by atoms with Crippen molar-refractivity contribution in [1.29, 1.82) is 0 Å². The van der Waals surface area contributed by atoms with Gasteiger partial charge in [-0.3, -0.25) is 14.3 Å². The highest BCUT2D eigenvalue weighted by atomic mass is 32.1. The minimum absolute atomic E-state index is 0.150. The number of thiazole rings is 1. The Morgan fingerprint density at radius 2 is 2.25 bits per heavy atom. The van der Waals surface area contributed by atoms with Crippen molar-refractivity contribution in [2.75, 3.05) is 45.2 Å². The number of nitrogens with one attached hydrogen (secondary N) is 1. The fourth-order valence-corrected chi connectivity index (χ4v) is 4.42. The monoisotopic (exact) mass is 456 g/mol. The SMILES string of the molecule is COc1c(OC[C@H](O)CN2CCC2)ccc2c3n(c(=NC(=O)c4cncs4)nc12)CCN3. The maximum atomic E-state index is 12.6. The Labute approximate surface area is 188 Å². The number of hydrogen-bond acceptors (Lipinski definition) is 9. The summed E-state index contributed by atoms with van der Waals surface area (Å²) in [5, 5.41) is 14.5. The summed E-state index contributed by atoms with van der Waals surface area (Å²) in [6, 6.07) is 3.72. The Balaban J connectivity index is 1.51. The quantitative estimate of drug-likeness (QED) is 0.544. The number of ether oxygens (including phenoxy) is 2. The van der Waals surface area contributed by atoms with Gasteiger partial charge in [0.15, 0.2) is 11.5 Å². The number of carbonyl (C=O) groups is 1. The topological polar surface area (TPSA) is 114 Å². The number of aliphatic hydroxyl groups excluding tert-OH is 1. The van der Waals surface area contributed by atoms with Crippen LogP contribution in [0.5, 0.6) is 11.5 Å². The molecule has 2 N–H and O–H groups in total. The van der Waals surface area contributed by atoms with Gasteiger partial charge in [0.1, 0.15) is 28.9 Å². The van der Waals surface area contributed by atoms with Crippen LogP contribution in [0, 0.1) is 0 Å². The number of aliphatic hydroxyl groups is 1. The second kappa shape index (κ2) is 8.85. The summed E-state index contributed by atoms with van der Waals surface area (Å²) in [7, 11) is 1.55. The molecule has 2 aromatic heterocycles. The van der Waals surface area contributed by atoms with Crippen molar-refractivity contribution < 1.29 is 19.4 Å². The van der Waals surface area contributed by atoms with Gasteiger partial charge in [-0.15, -0.1) is 11.3 Å². The van der Waals surface area contributed by atoms with Gasteiger partial charge in [0, 0.05) is 25.0 Å². The van der Waals surface area contributed by atoms with E-state index in [1.807, 2.05) is 16.7 Å². The molecule has 0 bridgehead atoms. The molecule has 1 aromatic carbocycles. The van der Waals surface area contributed by atoms with Gasteiger partial charge >= 0.3 is 0 Å². The van der Waals surface area contributed by atoms with Crippen molar-refractivity contribution in [1.82, 2.24) is 19.4 Å². The standard InChI is InChI=1S/C21H24N6O4S/c1-30-18-15(31-11-13(28)10-26-6-2-7-26)4-3-14-17(18)24-21(27-8-5-23-19(14)27)25-20(29)16-9-22-12-32-16/h3-4,9,12-13,23,28H,2,5-8,10-11H2,1H3/t13-/m1/s1. The minimum atomic E-state index is -0.594. The third-order valence-corrected chi connectivity index (χ3v) is 6.36. The van der Waals surface area contributed by atoms with Crippen LogP contribution in [0.2, 0.25) is 0 Å². The third-order valence-electron chi connectivity index (χ3n) is 5.60. The van der Waals surface area contributed by atoms with Crippen molar-refractivity contribution in [3.63, 3.8) is 0 Å². The predicted molar refractivity (Wildman–Crippen MR) is 119 cm³/mol. The molecule has 1 atom stereocenters. The molecule has 0 saturated carbocycles. The Kier molecular flexibility index (Phi) is 5.77. The first kappa shape index (κ1) is 20.9. The number of rotatable bonds is 7. The van der Waals surface area contributed by atoms with E-state index in [2.05, 4.69) is 25.2 Å². The molecule has 2 aliphatic heterocycles. The van der Waals surface area contributed by atoms with Crippen LogP contribution in [-0.2, 0) is 6.54 Å². The van der Waals surface area contributed by atoms with E-state index in [0.29, 0.717) is 47.1 Å². The summed E-state index contributed by atoms with van der Waals surface area (Å²) in [4.78, 5) is 28.1. The molecule has 0 unspecified atom stereocenters. The lowest BCUT2D eigenvalue weighted by molar-refractivity contribution is 0.0461. The Morgan fingerprint density at radius 1 is 1.38 bits per heavy atom. The molecule has 32 heavy (non-hydrogen) atoms. The fraction of sp³-hybridized carbons (Fsp3) is 0.429. The van der Waals surface area contributed by atoms with E-state index in [0.717, 1.165) is 24.3 Å². The van der Waals surface area contributed by atoms with E-state index in [1.54, 1.807) is 12.6 Å². The van der Waals surface area contributed by atoms with Gasteiger partial charge in [0.05, 0.1) is 18.8 Å². The van der Waals surface area contributed by atoms with Crippen molar-refractivity contribution in [3.8, 4) is 11.5 Å². The number of likely N-dealkylation sites (tertiary alicyclic amines) is 1. The van der Waals surface area contributed by atoms with Crippen molar-refractivity contribution >= 4 is 34.0 Å². The van der Waals surface area contributed by atoms with E-state index in [1.165, 1.54) is 24.0 Å². The van der Waals surface area contributed by atoms with Crippen LogP contribution < -0.4 is 20.4 Å². The normalized spacial score (nSPS) is 17.0. The fourth-order valence-electron chi connectivity index (χ4n) is 3.91. The molecule has 0 aliphatic carbocycles. The summed E-state index contributed by atoms with van der Waals surface area (Å²) in [5.74, 6) is 1.37. The largest absolute Gasteiger partial charge is 0.491 e. The summed E-state index contributed by atoms with van der Waals surface area (Å²) < 4.78 is 13.4. The number of hydrogen-bond donors (Lipinski definition) is 2. The highest BCUT2D eigenvalue weighted by Crippen LogP contribution is 2.37. The minimum Gasteiger partial charge on any atom is -0.491 e. The van der Waals surface area contributed by atoms with Crippen LogP contribution in [-0.4, -0.2) is 76.4 Å². The first-order chi connectivity index (χ1) is 15.6. The molecule has 10 nitrogen and oxygen atoms in total. The molecular formula is C21H24N6O4S. The Hall–Kier alpha value is -3.02. The lowest BCUT2D eigenvalue weighted by atomic mass is 10.2. The van der Waals surface area contributed by atoms with E-state index < -0.39 is 6.10 Å². The molecule has 168 valence electrons. The van der Waals surface area contributed by atoms with Crippen molar-refractivity contribution in [2.24, 2.45) is 4.99 Å². The molecule has 1 amide bonds. The summed E-state index contributed by atoms with van der Waals surface area (Å²) in [6.45, 7) is 4.13. The number of fused-ring (bicyclic) bond motifs is 3. The molecule has 0 spiro atoms. The lowest BCUT2D eigenvalue weighted by Gasteiger charge is -2.32. The van der Waals surface area contributed by atoms with Gasteiger partial charge < -0.3 is 24.8 Å². The molecule has 5 rings (SSSR count). The molecule has 3 aromatic rings. The first-order valence-corrected chi connectivity index (χ1v) is 11.4.